The lowest BCUT2D eigenvalue weighted by Crippen LogP contribution is -2.35. The Labute approximate surface area is 127 Å². The fourth-order valence-electron chi connectivity index (χ4n) is 3.36. The summed E-state index contributed by atoms with van der Waals surface area (Å²) in [5.74, 6) is 3.68. The van der Waals surface area contributed by atoms with Crippen LogP contribution in [0.25, 0.3) is 0 Å². The highest BCUT2D eigenvalue weighted by Crippen LogP contribution is 2.25. The lowest BCUT2D eigenvalue weighted by atomic mass is 10.0. The third kappa shape index (κ3) is 4.00. The second-order valence-corrected chi connectivity index (χ2v) is 7.31. The van der Waals surface area contributed by atoms with Gasteiger partial charge < -0.3 is 10.2 Å². The van der Waals surface area contributed by atoms with Crippen molar-refractivity contribution in [2.24, 2.45) is 5.92 Å². The molecule has 1 N–H and O–H groups in total. The van der Waals surface area contributed by atoms with E-state index in [4.69, 9.17) is 0 Å². The van der Waals surface area contributed by atoms with Gasteiger partial charge in [0, 0.05) is 19.1 Å². The molecule has 0 radical (unpaired) electrons. The first-order valence-electron chi connectivity index (χ1n) is 8.00. The molecule has 2 nitrogen and oxygen atoms in total. The highest BCUT2D eigenvalue weighted by atomic mass is 32.2. The molecule has 110 valence electrons. The normalized spacial score (nSPS) is 26.3. The molecule has 1 unspecified atom stereocenters. The maximum Gasteiger partial charge on any atom is 0.0449 e. The van der Waals surface area contributed by atoms with Gasteiger partial charge >= 0.3 is 0 Å². The van der Waals surface area contributed by atoms with Crippen molar-refractivity contribution in [3.63, 3.8) is 0 Å². The highest BCUT2D eigenvalue weighted by molar-refractivity contribution is 7.99. The Bertz CT molecular complexity index is 389. The zero-order chi connectivity index (χ0) is 13.6. The van der Waals surface area contributed by atoms with E-state index in [0.29, 0.717) is 6.04 Å². The van der Waals surface area contributed by atoms with Gasteiger partial charge in [-0.15, -0.1) is 0 Å². The standard InChI is InChI=1S/C17H26N2S/c1-2-5-16(6-3-1)17-14-19(10-4-9-18-17)13-15-7-11-20-12-8-15/h1-3,5-6,15,17-18H,4,7-14H2. The summed E-state index contributed by atoms with van der Waals surface area (Å²) in [5, 5.41) is 3.72. The maximum atomic E-state index is 3.72. The van der Waals surface area contributed by atoms with E-state index in [1.165, 1.54) is 56.0 Å². The van der Waals surface area contributed by atoms with Crippen LogP contribution in [0.1, 0.15) is 30.9 Å². The van der Waals surface area contributed by atoms with E-state index in [2.05, 4.69) is 52.3 Å². The van der Waals surface area contributed by atoms with Crippen molar-refractivity contribution in [2.45, 2.75) is 25.3 Å². The molecule has 3 heteroatoms. The van der Waals surface area contributed by atoms with Gasteiger partial charge in [-0.3, -0.25) is 0 Å². The lowest BCUT2D eigenvalue weighted by molar-refractivity contribution is 0.220. The minimum Gasteiger partial charge on any atom is -0.309 e. The van der Waals surface area contributed by atoms with Gasteiger partial charge in [0.05, 0.1) is 0 Å². The van der Waals surface area contributed by atoms with Crippen LogP contribution in [-0.4, -0.2) is 42.6 Å². The molecule has 2 fully saturated rings. The first-order chi connectivity index (χ1) is 9.92. The third-order valence-corrected chi connectivity index (χ3v) is 5.59. The van der Waals surface area contributed by atoms with Crippen LogP contribution in [0.5, 0.6) is 0 Å². The van der Waals surface area contributed by atoms with Crippen LogP contribution in [0.15, 0.2) is 30.3 Å². The van der Waals surface area contributed by atoms with E-state index in [0.717, 1.165) is 12.5 Å². The molecular weight excluding hydrogens is 264 g/mol. The molecule has 0 bridgehead atoms. The quantitative estimate of drug-likeness (QED) is 0.920. The van der Waals surface area contributed by atoms with Crippen LogP contribution in [0, 0.1) is 5.92 Å². The molecule has 0 aliphatic carbocycles. The summed E-state index contributed by atoms with van der Waals surface area (Å²) in [6.45, 7) is 4.90. The Hall–Kier alpha value is -0.510. The van der Waals surface area contributed by atoms with E-state index in [1.54, 1.807) is 0 Å². The molecule has 20 heavy (non-hydrogen) atoms. The molecule has 0 amide bonds. The van der Waals surface area contributed by atoms with Crippen LogP contribution in [-0.2, 0) is 0 Å². The van der Waals surface area contributed by atoms with E-state index >= 15 is 0 Å². The fourth-order valence-corrected chi connectivity index (χ4v) is 4.57. The van der Waals surface area contributed by atoms with Crippen molar-refractivity contribution in [1.29, 1.82) is 0 Å². The highest BCUT2D eigenvalue weighted by Gasteiger charge is 2.22. The summed E-state index contributed by atoms with van der Waals surface area (Å²) in [4.78, 5) is 2.71. The molecular formula is C17H26N2S. The number of benzene rings is 1. The van der Waals surface area contributed by atoms with E-state index < -0.39 is 0 Å². The monoisotopic (exact) mass is 290 g/mol. The minimum absolute atomic E-state index is 0.511. The van der Waals surface area contributed by atoms with Gasteiger partial charge in [-0.05, 0) is 55.3 Å². The van der Waals surface area contributed by atoms with E-state index in [1.807, 2.05) is 0 Å². The van der Waals surface area contributed by atoms with Gasteiger partial charge in [-0.2, -0.15) is 11.8 Å². The van der Waals surface area contributed by atoms with Crippen LogP contribution in [0.3, 0.4) is 0 Å². The van der Waals surface area contributed by atoms with Crippen LogP contribution < -0.4 is 5.32 Å². The van der Waals surface area contributed by atoms with Crippen LogP contribution >= 0.6 is 11.8 Å². The molecule has 2 aliphatic heterocycles. The van der Waals surface area contributed by atoms with E-state index in [9.17, 15) is 0 Å². The summed E-state index contributed by atoms with van der Waals surface area (Å²) >= 11 is 2.13. The van der Waals surface area contributed by atoms with Gasteiger partial charge in [0.15, 0.2) is 0 Å². The Morgan fingerprint density at radius 3 is 2.75 bits per heavy atom. The maximum absolute atomic E-state index is 3.72. The third-order valence-electron chi connectivity index (χ3n) is 4.54. The first kappa shape index (κ1) is 14.4. The molecule has 0 spiro atoms. The minimum atomic E-state index is 0.511. The molecule has 1 aromatic carbocycles. The lowest BCUT2D eigenvalue weighted by Gasteiger charge is -2.30. The largest absolute Gasteiger partial charge is 0.309 e. The average Bonchev–Trinajstić information content (AvgIpc) is 2.75. The summed E-state index contributed by atoms with van der Waals surface area (Å²) in [5.41, 5.74) is 1.44. The zero-order valence-corrected chi connectivity index (χ0v) is 13.1. The second kappa shape index (κ2) is 7.48. The Morgan fingerprint density at radius 1 is 1.15 bits per heavy atom. The van der Waals surface area contributed by atoms with Gasteiger partial charge in [-0.25, -0.2) is 0 Å². The summed E-state index contributed by atoms with van der Waals surface area (Å²) in [7, 11) is 0. The van der Waals surface area contributed by atoms with Gasteiger partial charge in [0.25, 0.3) is 0 Å². The predicted molar refractivity (Wildman–Crippen MR) is 88.3 cm³/mol. The summed E-state index contributed by atoms with van der Waals surface area (Å²) in [6.07, 6.45) is 4.13. The van der Waals surface area contributed by atoms with Crippen molar-refractivity contribution in [3.05, 3.63) is 35.9 Å². The summed E-state index contributed by atoms with van der Waals surface area (Å²) < 4.78 is 0. The number of hydrogen-bond donors (Lipinski definition) is 1. The topological polar surface area (TPSA) is 15.3 Å². The molecule has 1 atom stereocenters. The van der Waals surface area contributed by atoms with Crippen LogP contribution in [0.4, 0.5) is 0 Å². The number of nitrogens with zero attached hydrogens (tertiary/aromatic N) is 1. The van der Waals surface area contributed by atoms with Gasteiger partial charge in [0.2, 0.25) is 0 Å². The molecule has 2 aliphatic rings. The molecule has 0 saturated carbocycles. The number of rotatable bonds is 3. The smallest absolute Gasteiger partial charge is 0.0449 e. The Kier molecular flexibility index (Phi) is 5.40. The van der Waals surface area contributed by atoms with Crippen molar-refractivity contribution >= 4 is 11.8 Å². The van der Waals surface area contributed by atoms with Crippen molar-refractivity contribution in [1.82, 2.24) is 10.2 Å². The molecule has 2 heterocycles. The first-order valence-corrected chi connectivity index (χ1v) is 9.16. The average molecular weight is 290 g/mol. The number of thioether (sulfide) groups is 1. The van der Waals surface area contributed by atoms with Crippen molar-refractivity contribution in [2.75, 3.05) is 37.7 Å². The molecule has 2 saturated heterocycles. The Morgan fingerprint density at radius 2 is 1.95 bits per heavy atom. The molecule has 0 aromatic heterocycles. The fraction of sp³-hybridized carbons (Fsp3) is 0.647. The van der Waals surface area contributed by atoms with Crippen molar-refractivity contribution < 1.29 is 0 Å². The Balaban J connectivity index is 1.60. The predicted octanol–water partition coefficient (Wildman–Crippen LogP) is 3.17. The molecule has 1 aromatic rings. The van der Waals surface area contributed by atoms with Crippen LogP contribution in [0.2, 0.25) is 0 Å². The number of hydrogen-bond acceptors (Lipinski definition) is 3. The zero-order valence-electron chi connectivity index (χ0n) is 12.3. The SMILES string of the molecule is c1ccc(C2CN(CC3CCSCC3)CCCN2)cc1. The number of nitrogens with one attached hydrogen (secondary N) is 1. The van der Waals surface area contributed by atoms with Crippen molar-refractivity contribution in [3.8, 4) is 0 Å². The van der Waals surface area contributed by atoms with Gasteiger partial charge in [0.1, 0.15) is 0 Å². The summed E-state index contributed by atoms with van der Waals surface area (Å²) in [6, 6.07) is 11.5. The van der Waals surface area contributed by atoms with Gasteiger partial charge in [-0.1, -0.05) is 30.3 Å². The van der Waals surface area contributed by atoms with E-state index in [-0.39, 0.29) is 0 Å². The second-order valence-electron chi connectivity index (χ2n) is 6.09. The molecule has 3 rings (SSSR count).